The maximum atomic E-state index is 12.6. The predicted octanol–water partition coefficient (Wildman–Crippen LogP) is 3.44. The number of aliphatic carboxylic acids is 1. The molecule has 0 aromatic heterocycles. The second kappa shape index (κ2) is 10.1. The van der Waals surface area contributed by atoms with Crippen LogP contribution < -0.4 is 10.6 Å². The number of nitrogens with one attached hydrogen (secondary N) is 2. The Labute approximate surface area is 204 Å². The smallest absolute Gasteiger partial charge is 0.407 e. The quantitative estimate of drug-likeness (QED) is 0.562. The van der Waals surface area contributed by atoms with Gasteiger partial charge in [-0.3, -0.25) is 4.79 Å². The van der Waals surface area contributed by atoms with Gasteiger partial charge in [0.25, 0.3) is 0 Å². The zero-order valence-corrected chi connectivity index (χ0v) is 19.4. The maximum Gasteiger partial charge on any atom is 0.407 e. The summed E-state index contributed by atoms with van der Waals surface area (Å²) in [6, 6.07) is 16.3. The molecule has 184 valence electrons. The Balaban J connectivity index is 1.07. The van der Waals surface area contributed by atoms with E-state index < -0.39 is 18.2 Å². The third-order valence-electron chi connectivity index (χ3n) is 7.36. The van der Waals surface area contributed by atoms with Crippen molar-refractivity contribution in [3.63, 3.8) is 0 Å². The van der Waals surface area contributed by atoms with Crippen LogP contribution in [0.5, 0.6) is 0 Å². The minimum Gasteiger partial charge on any atom is -0.479 e. The van der Waals surface area contributed by atoms with E-state index in [2.05, 4.69) is 34.9 Å². The van der Waals surface area contributed by atoms with E-state index in [9.17, 15) is 14.4 Å². The Kier molecular flexibility index (Phi) is 6.72. The van der Waals surface area contributed by atoms with Crippen LogP contribution in [0.15, 0.2) is 48.5 Å². The van der Waals surface area contributed by atoms with Crippen molar-refractivity contribution < 1.29 is 29.0 Å². The second-order valence-corrected chi connectivity index (χ2v) is 9.58. The number of ether oxygens (including phenoxy) is 2. The van der Waals surface area contributed by atoms with E-state index in [1.165, 1.54) is 22.3 Å². The third kappa shape index (κ3) is 5.03. The van der Waals surface area contributed by atoms with Crippen molar-refractivity contribution in [1.82, 2.24) is 10.6 Å². The Morgan fingerprint density at radius 3 is 2.29 bits per heavy atom. The molecule has 8 heteroatoms. The molecule has 2 aromatic rings. The summed E-state index contributed by atoms with van der Waals surface area (Å²) < 4.78 is 11.1. The van der Waals surface area contributed by atoms with Crippen molar-refractivity contribution in [2.24, 2.45) is 5.92 Å². The van der Waals surface area contributed by atoms with Crippen molar-refractivity contribution in [3.05, 3.63) is 59.7 Å². The molecule has 3 aliphatic rings. The summed E-state index contributed by atoms with van der Waals surface area (Å²) in [5.41, 5.74) is 4.70. The Morgan fingerprint density at radius 1 is 0.943 bits per heavy atom. The number of carboxylic acids is 1. The van der Waals surface area contributed by atoms with Gasteiger partial charge in [0.2, 0.25) is 5.91 Å². The van der Waals surface area contributed by atoms with Gasteiger partial charge in [-0.05, 0) is 54.4 Å². The molecular weight excluding hydrogens is 448 g/mol. The van der Waals surface area contributed by atoms with Gasteiger partial charge >= 0.3 is 12.1 Å². The lowest BCUT2D eigenvalue weighted by molar-refractivity contribution is -0.149. The first-order valence-corrected chi connectivity index (χ1v) is 12.3. The molecule has 0 radical (unpaired) electrons. The van der Waals surface area contributed by atoms with Crippen molar-refractivity contribution >= 4 is 18.0 Å². The van der Waals surface area contributed by atoms with E-state index in [1.54, 1.807) is 0 Å². The SMILES string of the molecule is O=C(N[C@H]1CC[C@@H](C(=O)NCC2CCC(C(=O)O)O2)C1)OCC1c2ccccc2-c2ccccc21. The lowest BCUT2D eigenvalue weighted by Gasteiger charge is -2.17. The van der Waals surface area contributed by atoms with Crippen LogP contribution in [0.25, 0.3) is 11.1 Å². The number of hydrogen-bond donors (Lipinski definition) is 3. The molecule has 1 heterocycles. The highest BCUT2D eigenvalue weighted by Crippen LogP contribution is 2.44. The van der Waals surface area contributed by atoms with Gasteiger partial charge in [0.15, 0.2) is 6.10 Å². The van der Waals surface area contributed by atoms with Crippen LogP contribution in [0.1, 0.15) is 49.1 Å². The number of carboxylic acid groups (broad SMARTS) is 1. The molecule has 3 N–H and O–H groups in total. The number of carbonyl (C=O) groups is 3. The van der Waals surface area contributed by atoms with E-state index in [4.69, 9.17) is 14.6 Å². The lowest BCUT2D eigenvalue weighted by Crippen LogP contribution is -2.38. The van der Waals surface area contributed by atoms with Crippen LogP contribution in [0.2, 0.25) is 0 Å². The van der Waals surface area contributed by atoms with E-state index in [-0.39, 0.29) is 36.5 Å². The zero-order valence-electron chi connectivity index (χ0n) is 19.4. The predicted molar refractivity (Wildman–Crippen MR) is 128 cm³/mol. The van der Waals surface area contributed by atoms with E-state index in [1.807, 2.05) is 24.3 Å². The van der Waals surface area contributed by atoms with Crippen molar-refractivity contribution in [2.45, 2.75) is 56.3 Å². The Bertz CT molecular complexity index is 1070. The van der Waals surface area contributed by atoms with Crippen molar-refractivity contribution in [2.75, 3.05) is 13.2 Å². The average Bonchev–Trinajstić information content (AvgIpc) is 3.59. The fraction of sp³-hybridized carbons (Fsp3) is 0.444. The van der Waals surface area contributed by atoms with Crippen molar-refractivity contribution in [3.8, 4) is 11.1 Å². The van der Waals surface area contributed by atoms with Crippen LogP contribution in [-0.2, 0) is 19.1 Å². The van der Waals surface area contributed by atoms with Crippen LogP contribution >= 0.6 is 0 Å². The highest BCUT2D eigenvalue weighted by molar-refractivity contribution is 5.80. The van der Waals surface area contributed by atoms with Gasteiger partial charge < -0.3 is 25.2 Å². The second-order valence-electron chi connectivity index (χ2n) is 9.58. The number of alkyl carbamates (subject to hydrolysis) is 1. The molecule has 1 saturated heterocycles. The fourth-order valence-electron chi connectivity index (χ4n) is 5.55. The molecular formula is C27H30N2O6. The molecule has 0 spiro atoms. The van der Waals surface area contributed by atoms with E-state index in [0.717, 1.165) is 0 Å². The van der Waals surface area contributed by atoms with Gasteiger partial charge in [0.05, 0.1) is 6.10 Å². The van der Waals surface area contributed by atoms with Crippen LogP contribution in [-0.4, -0.2) is 54.5 Å². The molecule has 2 aliphatic carbocycles. The minimum atomic E-state index is -0.961. The summed E-state index contributed by atoms with van der Waals surface area (Å²) in [4.78, 5) is 36.1. The molecule has 35 heavy (non-hydrogen) atoms. The molecule has 0 bridgehead atoms. The van der Waals surface area contributed by atoms with Gasteiger partial charge in [-0.25, -0.2) is 9.59 Å². The molecule has 2 amide bonds. The van der Waals surface area contributed by atoms with Gasteiger partial charge in [-0.1, -0.05) is 48.5 Å². The topological polar surface area (TPSA) is 114 Å². The number of rotatable bonds is 7. The standard InChI is InChI=1S/C27H30N2O6/c30-25(28-14-18-11-12-24(35-18)26(31)32)16-9-10-17(13-16)29-27(33)34-15-23-21-7-3-1-5-19(21)20-6-2-4-8-22(20)23/h1-8,16-18,23-24H,9-15H2,(H,28,30)(H,29,33)(H,31,32)/t16-,17+,18?,24?/m1/s1. The third-order valence-corrected chi connectivity index (χ3v) is 7.36. The normalized spacial score (nSPS) is 25.0. The summed E-state index contributed by atoms with van der Waals surface area (Å²) >= 11 is 0. The summed E-state index contributed by atoms with van der Waals surface area (Å²) in [6.45, 7) is 0.568. The first kappa shape index (κ1) is 23.4. The van der Waals surface area contributed by atoms with Gasteiger partial charge in [-0.15, -0.1) is 0 Å². The summed E-state index contributed by atoms with van der Waals surface area (Å²) in [5.74, 6) is -1.22. The van der Waals surface area contributed by atoms with Gasteiger partial charge in [0.1, 0.15) is 6.61 Å². The maximum absolute atomic E-state index is 12.6. The number of fused-ring (bicyclic) bond motifs is 3. The molecule has 8 nitrogen and oxygen atoms in total. The molecule has 5 rings (SSSR count). The number of carbonyl (C=O) groups excluding carboxylic acids is 2. The highest BCUT2D eigenvalue weighted by atomic mass is 16.5. The summed E-state index contributed by atoms with van der Waals surface area (Å²) in [6.07, 6.45) is 1.52. The fourth-order valence-corrected chi connectivity index (χ4v) is 5.55. The Hall–Kier alpha value is -3.39. The number of amides is 2. The Morgan fingerprint density at radius 2 is 1.63 bits per heavy atom. The van der Waals surface area contributed by atoms with Crippen LogP contribution in [0.3, 0.4) is 0 Å². The molecule has 1 saturated carbocycles. The average molecular weight is 479 g/mol. The largest absolute Gasteiger partial charge is 0.479 e. The zero-order chi connectivity index (χ0) is 24.4. The highest BCUT2D eigenvalue weighted by Gasteiger charge is 2.34. The monoisotopic (exact) mass is 478 g/mol. The number of hydrogen-bond acceptors (Lipinski definition) is 5. The van der Waals surface area contributed by atoms with Gasteiger partial charge in [-0.2, -0.15) is 0 Å². The van der Waals surface area contributed by atoms with Crippen LogP contribution in [0, 0.1) is 5.92 Å². The molecule has 2 fully saturated rings. The first-order valence-electron chi connectivity index (χ1n) is 12.3. The lowest BCUT2D eigenvalue weighted by atomic mass is 9.98. The first-order chi connectivity index (χ1) is 17.0. The minimum absolute atomic E-state index is 0.00813. The molecule has 1 aliphatic heterocycles. The van der Waals surface area contributed by atoms with Gasteiger partial charge in [0, 0.05) is 24.4 Å². The molecule has 2 unspecified atom stereocenters. The summed E-state index contributed by atoms with van der Waals surface area (Å²) in [7, 11) is 0. The number of benzene rings is 2. The summed E-state index contributed by atoms with van der Waals surface area (Å²) in [5, 5.41) is 14.8. The van der Waals surface area contributed by atoms with Crippen molar-refractivity contribution in [1.29, 1.82) is 0 Å². The van der Waals surface area contributed by atoms with E-state index in [0.29, 0.717) is 38.6 Å². The molecule has 4 atom stereocenters. The van der Waals surface area contributed by atoms with Crippen LogP contribution in [0.4, 0.5) is 4.79 Å². The molecule has 2 aromatic carbocycles. The van der Waals surface area contributed by atoms with E-state index >= 15 is 0 Å².